The van der Waals surface area contributed by atoms with E-state index in [1.807, 2.05) is 32.9 Å². The Labute approximate surface area is 170 Å². The Morgan fingerprint density at radius 3 is 2.68 bits per heavy atom. The van der Waals surface area contributed by atoms with Crippen molar-refractivity contribution in [2.45, 2.75) is 27.3 Å². The molecule has 4 nitrogen and oxygen atoms in total. The second-order valence-electron chi connectivity index (χ2n) is 6.74. The number of halogens is 2. The highest BCUT2D eigenvalue weighted by Gasteiger charge is 2.19. The molecule has 0 spiro atoms. The number of fused-ring (bicyclic) bond motifs is 1. The molecule has 0 saturated heterocycles. The SMILES string of the molecule is Cc1ccc(-c2nn(Cc3c(F)cccc3Cl)c(=O)c3nc(C)sc23)c(C)c1. The monoisotopic (exact) mass is 413 g/mol. The van der Waals surface area contributed by atoms with Crippen LogP contribution in [0.5, 0.6) is 0 Å². The maximum atomic E-state index is 14.3. The number of nitrogens with zero attached hydrogens (tertiary/aromatic N) is 3. The molecule has 0 aliphatic rings. The van der Waals surface area contributed by atoms with Crippen molar-refractivity contribution >= 4 is 33.2 Å². The molecule has 0 amide bonds. The van der Waals surface area contributed by atoms with Crippen LogP contribution < -0.4 is 5.56 Å². The molecule has 0 radical (unpaired) electrons. The summed E-state index contributed by atoms with van der Waals surface area (Å²) in [6.45, 7) is 5.83. The zero-order valence-corrected chi connectivity index (χ0v) is 17.2. The molecule has 7 heteroatoms. The van der Waals surface area contributed by atoms with Gasteiger partial charge in [-0.2, -0.15) is 5.10 Å². The number of hydrogen-bond donors (Lipinski definition) is 0. The van der Waals surface area contributed by atoms with Crippen LogP contribution in [0.25, 0.3) is 21.5 Å². The van der Waals surface area contributed by atoms with E-state index in [0.29, 0.717) is 11.2 Å². The van der Waals surface area contributed by atoms with Crippen LogP contribution in [0.2, 0.25) is 5.02 Å². The van der Waals surface area contributed by atoms with Crippen LogP contribution in [-0.4, -0.2) is 14.8 Å². The van der Waals surface area contributed by atoms with Gasteiger partial charge in [0.05, 0.1) is 16.3 Å². The van der Waals surface area contributed by atoms with Gasteiger partial charge in [-0.25, -0.2) is 14.1 Å². The summed E-state index contributed by atoms with van der Waals surface area (Å²) in [7, 11) is 0. The van der Waals surface area contributed by atoms with E-state index in [1.54, 1.807) is 6.07 Å². The van der Waals surface area contributed by atoms with Gasteiger partial charge in [-0.1, -0.05) is 41.4 Å². The van der Waals surface area contributed by atoms with Gasteiger partial charge in [0.15, 0.2) is 5.52 Å². The van der Waals surface area contributed by atoms with Crippen molar-refractivity contribution in [2.75, 3.05) is 0 Å². The summed E-state index contributed by atoms with van der Waals surface area (Å²) >= 11 is 7.59. The van der Waals surface area contributed by atoms with Crippen molar-refractivity contribution in [2.24, 2.45) is 0 Å². The molecule has 142 valence electrons. The average molecular weight is 414 g/mol. The van der Waals surface area contributed by atoms with Crippen molar-refractivity contribution in [3.63, 3.8) is 0 Å². The van der Waals surface area contributed by atoms with Crippen LogP contribution in [0.15, 0.2) is 41.2 Å². The van der Waals surface area contributed by atoms with Gasteiger partial charge in [-0.05, 0) is 38.5 Å². The van der Waals surface area contributed by atoms with Crippen LogP contribution in [-0.2, 0) is 6.54 Å². The lowest BCUT2D eigenvalue weighted by atomic mass is 10.0. The minimum atomic E-state index is -0.469. The van der Waals surface area contributed by atoms with Crippen molar-refractivity contribution in [3.05, 3.63) is 79.3 Å². The molecule has 0 fully saturated rings. The van der Waals surface area contributed by atoms with E-state index in [1.165, 1.54) is 28.2 Å². The van der Waals surface area contributed by atoms with Gasteiger partial charge < -0.3 is 0 Å². The average Bonchev–Trinajstić information content (AvgIpc) is 3.03. The molecule has 2 heterocycles. The largest absolute Gasteiger partial charge is 0.294 e. The fourth-order valence-corrected chi connectivity index (χ4v) is 4.39. The smallest absolute Gasteiger partial charge is 0.265 e. The van der Waals surface area contributed by atoms with E-state index in [-0.39, 0.29) is 22.7 Å². The predicted molar refractivity (Wildman–Crippen MR) is 112 cm³/mol. The molecule has 0 saturated carbocycles. The fraction of sp³-hybridized carbons (Fsp3) is 0.190. The van der Waals surface area contributed by atoms with Crippen LogP contribution >= 0.6 is 22.9 Å². The first-order valence-corrected chi connectivity index (χ1v) is 9.93. The molecule has 0 N–H and O–H groups in total. The second-order valence-corrected chi connectivity index (χ2v) is 8.35. The standard InChI is InChI=1S/C21H17ClFN3OS/c1-11-7-8-14(12(2)9-11)18-20-19(24-13(3)28-20)21(27)26(25-18)10-15-16(22)5-4-6-17(15)23/h4-9H,10H2,1-3H3. The topological polar surface area (TPSA) is 47.8 Å². The highest BCUT2D eigenvalue weighted by Crippen LogP contribution is 2.32. The molecule has 0 aliphatic heterocycles. The number of aryl methyl sites for hydroxylation is 3. The Bertz CT molecular complexity index is 1260. The molecule has 0 aliphatic carbocycles. The summed E-state index contributed by atoms with van der Waals surface area (Å²) in [5.41, 5.74) is 4.01. The third kappa shape index (κ3) is 3.23. The second kappa shape index (κ2) is 7.11. The molecular weight excluding hydrogens is 397 g/mol. The first-order valence-electron chi connectivity index (χ1n) is 8.74. The van der Waals surface area contributed by atoms with Gasteiger partial charge in [-0.15, -0.1) is 11.3 Å². The Hall–Kier alpha value is -2.57. The lowest BCUT2D eigenvalue weighted by Gasteiger charge is -2.12. The number of aromatic nitrogens is 3. The van der Waals surface area contributed by atoms with E-state index < -0.39 is 5.82 Å². The molecule has 2 aromatic carbocycles. The Balaban J connectivity index is 1.98. The van der Waals surface area contributed by atoms with Gasteiger partial charge in [-0.3, -0.25) is 4.79 Å². The summed E-state index contributed by atoms with van der Waals surface area (Å²) in [5, 5.41) is 5.64. The summed E-state index contributed by atoms with van der Waals surface area (Å²) in [6.07, 6.45) is 0. The predicted octanol–water partition coefficient (Wildman–Crippen LogP) is 5.29. The van der Waals surface area contributed by atoms with Crippen molar-refractivity contribution in [3.8, 4) is 11.3 Å². The van der Waals surface area contributed by atoms with E-state index >= 15 is 0 Å². The first-order chi connectivity index (χ1) is 13.3. The molecule has 0 atom stereocenters. The Morgan fingerprint density at radius 1 is 1.18 bits per heavy atom. The summed E-state index contributed by atoms with van der Waals surface area (Å²) in [5.74, 6) is -0.469. The van der Waals surface area contributed by atoms with Crippen molar-refractivity contribution in [1.29, 1.82) is 0 Å². The quantitative estimate of drug-likeness (QED) is 0.458. The fourth-order valence-electron chi connectivity index (χ4n) is 3.26. The zero-order valence-electron chi connectivity index (χ0n) is 15.6. The van der Waals surface area contributed by atoms with Gasteiger partial charge >= 0.3 is 0 Å². The molecule has 0 unspecified atom stereocenters. The molecule has 0 bridgehead atoms. The molecule has 4 aromatic rings. The van der Waals surface area contributed by atoms with Gasteiger partial charge in [0, 0.05) is 16.1 Å². The van der Waals surface area contributed by atoms with Gasteiger partial charge in [0.1, 0.15) is 11.5 Å². The van der Waals surface area contributed by atoms with Crippen molar-refractivity contribution < 1.29 is 4.39 Å². The van der Waals surface area contributed by atoms with Crippen LogP contribution in [0, 0.1) is 26.6 Å². The minimum absolute atomic E-state index is 0.0608. The first kappa shape index (κ1) is 18.8. The summed E-state index contributed by atoms with van der Waals surface area (Å²) < 4.78 is 16.3. The third-order valence-electron chi connectivity index (χ3n) is 4.61. The molecule has 4 rings (SSSR count). The lowest BCUT2D eigenvalue weighted by molar-refractivity contribution is 0.576. The Morgan fingerprint density at radius 2 is 1.96 bits per heavy atom. The molecule has 28 heavy (non-hydrogen) atoms. The Kier molecular flexibility index (Phi) is 4.77. The van der Waals surface area contributed by atoms with E-state index in [9.17, 15) is 9.18 Å². The third-order valence-corrected chi connectivity index (χ3v) is 5.95. The zero-order chi connectivity index (χ0) is 20.0. The number of benzene rings is 2. The maximum absolute atomic E-state index is 14.3. The van der Waals surface area contributed by atoms with Crippen LogP contribution in [0.1, 0.15) is 21.7 Å². The lowest BCUT2D eigenvalue weighted by Crippen LogP contribution is -2.25. The number of thiazole rings is 1. The van der Waals surface area contributed by atoms with Gasteiger partial charge in [0.25, 0.3) is 5.56 Å². The maximum Gasteiger partial charge on any atom is 0.294 e. The van der Waals surface area contributed by atoms with Crippen molar-refractivity contribution in [1.82, 2.24) is 14.8 Å². The van der Waals surface area contributed by atoms with Crippen LogP contribution in [0.4, 0.5) is 4.39 Å². The van der Waals surface area contributed by atoms with Gasteiger partial charge in [0.2, 0.25) is 0 Å². The normalized spacial score (nSPS) is 11.3. The van der Waals surface area contributed by atoms with E-state index in [0.717, 1.165) is 26.4 Å². The minimum Gasteiger partial charge on any atom is -0.265 e. The van der Waals surface area contributed by atoms with E-state index in [4.69, 9.17) is 11.6 Å². The molecule has 2 aromatic heterocycles. The number of hydrogen-bond acceptors (Lipinski definition) is 4. The van der Waals surface area contributed by atoms with E-state index in [2.05, 4.69) is 16.1 Å². The highest BCUT2D eigenvalue weighted by molar-refractivity contribution is 7.19. The molecular formula is C21H17ClFN3OS. The van der Waals surface area contributed by atoms with Crippen LogP contribution in [0.3, 0.4) is 0 Å². The summed E-state index contributed by atoms with van der Waals surface area (Å²) in [4.78, 5) is 17.4. The summed E-state index contributed by atoms with van der Waals surface area (Å²) in [6, 6.07) is 10.5. The number of rotatable bonds is 3. The highest BCUT2D eigenvalue weighted by atomic mass is 35.5.